The van der Waals surface area contributed by atoms with Crippen LogP contribution in [0.2, 0.25) is 0 Å². The lowest BCUT2D eigenvalue weighted by atomic mass is 10.0. The molecule has 0 spiro atoms. The van der Waals surface area contributed by atoms with Gasteiger partial charge in [0.2, 0.25) is 0 Å². The van der Waals surface area contributed by atoms with E-state index in [2.05, 4.69) is 24.1 Å². The van der Waals surface area contributed by atoms with Crippen molar-refractivity contribution in [2.75, 3.05) is 13.2 Å². The number of carboxylic acids is 1. The standard InChI is InChI=1S/C33H58N2O5/c1-3-5-7-9-12-16-22-30(23-17-13-10-8-6-4-2)40-33(38)39-26-19-15-11-14-18-25-35-31(32(36)37)27-29-21-20-24-34-28-29/h20-21,24,28,30-31,35H,3-19,22-23,25-27H2,1-2H3,(H,36,37). The summed E-state index contributed by atoms with van der Waals surface area (Å²) in [5.74, 6) is -0.839. The Hall–Kier alpha value is -2.15. The average Bonchev–Trinajstić information content (AvgIpc) is 2.95. The summed E-state index contributed by atoms with van der Waals surface area (Å²) < 4.78 is 11.1. The molecule has 0 bridgehead atoms. The summed E-state index contributed by atoms with van der Waals surface area (Å²) >= 11 is 0. The fraction of sp³-hybridized carbons (Fsp3) is 0.788. The van der Waals surface area contributed by atoms with E-state index in [-0.39, 0.29) is 6.10 Å². The first-order chi connectivity index (χ1) is 19.6. The van der Waals surface area contributed by atoms with Crippen molar-refractivity contribution < 1.29 is 24.2 Å². The normalized spacial score (nSPS) is 12.0. The summed E-state index contributed by atoms with van der Waals surface area (Å²) in [6.07, 6.45) is 24.8. The minimum atomic E-state index is -0.839. The Morgan fingerprint density at radius 2 is 1.40 bits per heavy atom. The highest BCUT2D eigenvalue weighted by Gasteiger charge is 2.17. The van der Waals surface area contributed by atoms with E-state index < -0.39 is 18.2 Å². The maximum Gasteiger partial charge on any atom is 0.508 e. The third kappa shape index (κ3) is 20.7. The first-order valence-corrected chi connectivity index (χ1v) is 16.2. The van der Waals surface area contributed by atoms with Crippen LogP contribution in [-0.2, 0) is 20.7 Å². The maximum atomic E-state index is 12.3. The van der Waals surface area contributed by atoms with Gasteiger partial charge in [0.15, 0.2) is 0 Å². The molecule has 1 atom stereocenters. The zero-order chi connectivity index (χ0) is 29.1. The molecule has 0 aliphatic heterocycles. The number of unbranched alkanes of at least 4 members (excludes halogenated alkanes) is 14. The van der Waals surface area contributed by atoms with E-state index in [4.69, 9.17) is 9.47 Å². The second kappa shape index (κ2) is 25.8. The van der Waals surface area contributed by atoms with Crippen LogP contribution in [0.4, 0.5) is 4.79 Å². The molecule has 2 N–H and O–H groups in total. The van der Waals surface area contributed by atoms with E-state index in [1.165, 1.54) is 64.2 Å². The molecule has 0 aliphatic rings. The van der Waals surface area contributed by atoms with Crippen molar-refractivity contribution in [3.8, 4) is 0 Å². The summed E-state index contributed by atoms with van der Waals surface area (Å²) in [6.45, 7) is 5.53. The van der Waals surface area contributed by atoms with Crippen LogP contribution in [0, 0.1) is 0 Å². The molecule has 0 aromatic carbocycles. The molecule has 0 saturated carbocycles. The summed E-state index contributed by atoms with van der Waals surface area (Å²) in [6, 6.07) is 3.12. The Labute approximate surface area is 244 Å². The van der Waals surface area contributed by atoms with E-state index in [1.807, 2.05) is 12.1 Å². The molecule has 0 radical (unpaired) electrons. The van der Waals surface area contributed by atoms with Crippen LogP contribution in [0.25, 0.3) is 0 Å². The number of rotatable bonds is 27. The number of aromatic nitrogens is 1. The number of nitrogens with zero attached hydrogens (tertiary/aromatic N) is 1. The van der Waals surface area contributed by atoms with Crippen molar-refractivity contribution in [1.29, 1.82) is 0 Å². The Bertz CT molecular complexity index is 715. The third-order valence-electron chi connectivity index (χ3n) is 7.41. The first-order valence-electron chi connectivity index (χ1n) is 16.2. The van der Waals surface area contributed by atoms with Crippen LogP contribution >= 0.6 is 0 Å². The molecule has 7 nitrogen and oxygen atoms in total. The number of ether oxygens (including phenoxy) is 2. The minimum Gasteiger partial charge on any atom is -0.480 e. The van der Waals surface area contributed by atoms with Crippen molar-refractivity contribution in [3.63, 3.8) is 0 Å². The van der Waals surface area contributed by atoms with Crippen LogP contribution < -0.4 is 5.32 Å². The van der Waals surface area contributed by atoms with Crippen LogP contribution in [0.15, 0.2) is 24.5 Å². The topological polar surface area (TPSA) is 97.8 Å². The van der Waals surface area contributed by atoms with E-state index in [0.717, 1.165) is 63.4 Å². The fourth-order valence-corrected chi connectivity index (χ4v) is 4.93. The molecule has 1 unspecified atom stereocenters. The first kappa shape index (κ1) is 35.9. The summed E-state index contributed by atoms with van der Waals surface area (Å²) in [7, 11) is 0. The molecular weight excluding hydrogens is 504 g/mol. The second-order valence-electron chi connectivity index (χ2n) is 11.1. The lowest BCUT2D eigenvalue weighted by Crippen LogP contribution is -2.39. The number of pyridine rings is 1. The fourth-order valence-electron chi connectivity index (χ4n) is 4.93. The summed E-state index contributed by atoms with van der Waals surface area (Å²) in [5, 5.41) is 12.6. The molecule has 0 aliphatic carbocycles. The molecule has 1 heterocycles. The Balaban J connectivity index is 2.16. The Kier molecular flexibility index (Phi) is 23.1. The summed E-state index contributed by atoms with van der Waals surface area (Å²) in [4.78, 5) is 27.9. The van der Waals surface area contributed by atoms with Gasteiger partial charge in [0.1, 0.15) is 12.1 Å². The third-order valence-corrected chi connectivity index (χ3v) is 7.41. The van der Waals surface area contributed by atoms with E-state index in [1.54, 1.807) is 12.4 Å². The molecule has 1 aromatic heterocycles. The van der Waals surface area contributed by atoms with Gasteiger partial charge >= 0.3 is 12.1 Å². The van der Waals surface area contributed by atoms with Crippen molar-refractivity contribution in [1.82, 2.24) is 10.3 Å². The predicted octanol–water partition coefficient (Wildman–Crippen LogP) is 8.64. The largest absolute Gasteiger partial charge is 0.508 e. The number of hydrogen-bond acceptors (Lipinski definition) is 6. The van der Waals surface area contributed by atoms with Crippen LogP contribution in [0.3, 0.4) is 0 Å². The minimum absolute atomic E-state index is 0.0230. The molecule has 0 fully saturated rings. The molecule has 1 rings (SSSR count). The van der Waals surface area contributed by atoms with Gasteiger partial charge in [-0.15, -0.1) is 0 Å². The quantitative estimate of drug-likeness (QED) is 0.0818. The van der Waals surface area contributed by atoms with Crippen molar-refractivity contribution >= 4 is 12.1 Å². The van der Waals surface area contributed by atoms with Gasteiger partial charge in [-0.2, -0.15) is 0 Å². The molecule has 0 amide bonds. The van der Waals surface area contributed by atoms with Crippen molar-refractivity contribution in [3.05, 3.63) is 30.1 Å². The van der Waals surface area contributed by atoms with Gasteiger partial charge in [0.05, 0.1) is 6.61 Å². The lowest BCUT2D eigenvalue weighted by Gasteiger charge is -2.18. The SMILES string of the molecule is CCCCCCCCC(CCCCCCCC)OC(=O)OCCCCCCCNC(Cc1cccnc1)C(=O)O. The maximum absolute atomic E-state index is 12.3. The lowest BCUT2D eigenvalue weighted by molar-refractivity contribution is -0.139. The van der Waals surface area contributed by atoms with Crippen LogP contribution in [0.5, 0.6) is 0 Å². The van der Waals surface area contributed by atoms with Gasteiger partial charge in [-0.25, -0.2) is 4.79 Å². The average molecular weight is 563 g/mol. The Morgan fingerprint density at radius 3 is 1.98 bits per heavy atom. The van der Waals surface area contributed by atoms with Gasteiger partial charge in [-0.05, 0) is 63.1 Å². The van der Waals surface area contributed by atoms with Gasteiger partial charge in [-0.3, -0.25) is 9.78 Å². The number of carbonyl (C=O) groups is 2. The molecule has 230 valence electrons. The van der Waals surface area contributed by atoms with Gasteiger partial charge in [0, 0.05) is 12.4 Å². The van der Waals surface area contributed by atoms with E-state index in [9.17, 15) is 14.7 Å². The van der Waals surface area contributed by atoms with Crippen LogP contribution in [0.1, 0.15) is 141 Å². The number of hydrogen-bond donors (Lipinski definition) is 2. The van der Waals surface area contributed by atoms with E-state index in [0.29, 0.717) is 19.6 Å². The number of carbonyl (C=O) groups excluding carboxylic acids is 1. The highest BCUT2D eigenvalue weighted by Crippen LogP contribution is 2.17. The molecule has 1 aromatic rings. The van der Waals surface area contributed by atoms with E-state index >= 15 is 0 Å². The summed E-state index contributed by atoms with van der Waals surface area (Å²) in [5.41, 5.74) is 0.914. The molecule has 0 saturated heterocycles. The molecule has 7 heteroatoms. The molecular formula is C33H58N2O5. The van der Waals surface area contributed by atoms with Crippen molar-refractivity contribution in [2.45, 2.75) is 154 Å². The second-order valence-corrected chi connectivity index (χ2v) is 11.1. The zero-order valence-electron chi connectivity index (χ0n) is 25.5. The van der Waals surface area contributed by atoms with Crippen LogP contribution in [-0.4, -0.2) is 47.5 Å². The van der Waals surface area contributed by atoms with Gasteiger partial charge in [-0.1, -0.05) is 103 Å². The Morgan fingerprint density at radius 1 is 0.825 bits per heavy atom. The number of nitrogens with one attached hydrogen (secondary N) is 1. The molecule has 40 heavy (non-hydrogen) atoms. The monoisotopic (exact) mass is 562 g/mol. The van der Waals surface area contributed by atoms with Gasteiger partial charge in [0.25, 0.3) is 0 Å². The zero-order valence-corrected chi connectivity index (χ0v) is 25.5. The predicted molar refractivity (Wildman–Crippen MR) is 163 cm³/mol. The number of carboxylic acid groups (broad SMARTS) is 1. The highest BCUT2D eigenvalue weighted by molar-refractivity contribution is 5.73. The smallest absolute Gasteiger partial charge is 0.480 e. The van der Waals surface area contributed by atoms with Crippen molar-refractivity contribution in [2.24, 2.45) is 0 Å². The highest BCUT2D eigenvalue weighted by atomic mass is 16.7. The van der Waals surface area contributed by atoms with Gasteiger partial charge < -0.3 is 19.9 Å². The number of aliphatic carboxylic acids is 1.